The van der Waals surface area contributed by atoms with E-state index >= 15 is 0 Å². The monoisotopic (exact) mass is 276 g/mol. The fourth-order valence-corrected chi connectivity index (χ4v) is 3.23. The normalized spacial score (nSPS) is 31.4. The zero-order valence-corrected chi connectivity index (χ0v) is 11.4. The van der Waals surface area contributed by atoms with Crippen molar-refractivity contribution < 1.29 is 13.9 Å². The van der Waals surface area contributed by atoms with E-state index < -0.39 is 5.72 Å². The molecule has 20 heavy (non-hydrogen) atoms. The van der Waals surface area contributed by atoms with Gasteiger partial charge in [-0.25, -0.2) is 9.18 Å². The molecule has 2 fully saturated rings. The van der Waals surface area contributed by atoms with E-state index in [1.807, 2.05) is 13.0 Å². The molecule has 2 aliphatic heterocycles. The number of fused-ring (bicyclic) bond motifs is 4. The number of benzene rings is 1. The molecule has 106 valence electrons. The van der Waals surface area contributed by atoms with E-state index in [-0.39, 0.29) is 23.6 Å². The van der Waals surface area contributed by atoms with Gasteiger partial charge in [0.15, 0.2) is 17.3 Å². The Morgan fingerprint density at radius 2 is 2.30 bits per heavy atom. The predicted octanol–water partition coefficient (Wildman–Crippen LogP) is 2.80. The van der Waals surface area contributed by atoms with Crippen LogP contribution < -0.4 is 10.1 Å². The van der Waals surface area contributed by atoms with Crippen molar-refractivity contribution in [1.29, 1.82) is 0 Å². The average molecular weight is 276 g/mol. The molecule has 2 amide bonds. The van der Waals surface area contributed by atoms with Crippen LogP contribution in [0, 0.1) is 11.7 Å². The third-order valence-electron chi connectivity index (χ3n) is 4.53. The SMILES string of the molecule is CC12CC(NC(=O)N1CC1CC1)c1cccc(F)c1O2. The van der Waals surface area contributed by atoms with Gasteiger partial charge in [-0.2, -0.15) is 0 Å². The number of nitrogens with one attached hydrogen (secondary N) is 1. The van der Waals surface area contributed by atoms with Crippen LogP contribution in [-0.4, -0.2) is 23.2 Å². The predicted molar refractivity (Wildman–Crippen MR) is 70.8 cm³/mol. The Balaban J connectivity index is 1.75. The van der Waals surface area contributed by atoms with Gasteiger partial charge < -0.3 is 10.1 Å². The fraction of sp³-hybridized carbons (Fsp3) is 0.533. The van der Waals surface area contributed by atoms with Gasteiger partial charge >= 0.3 is 6.03 Å². The molecule has 1 saturated carbocycles. The van der Waals surface area contributed by atoms with Crippen molar-refractivity contribution >= 4 is 6.03 Å². The van der Waals surface area contributed by atoms with Crippen molar-refractivity contribution in [3.63, 3.8) is 0 Å². The molecular weight excluding hydrogens is 259 g/mol. The quantitative estimate of drug-likeness (QED) is 0.902. The Bertz CT molecular complexity index is 587. The molecule has 2 unspecified atom stereocenters. The Labute approximate surface area is 116 Å². The minimum Gasteiger partial charge on any atom is -0.465 e. The molecule has 2 bridgehead atoms. The summed E-state index contributed by atoms with van der Waals surface area (Å²) in [5, 5.41) is 2.98. The number of urea groups is 1. The van der Waals surface area contributed by atoms with E-state index in [4.69, 9.17) is 4.74 Å². The van der Waals surface area contributed by atoms with E-state index in [1.54, 1.807) is 11.0 Å². The molecule has 1 aliphatic carbocycles. The van der Waals surface area contributed by atoms with Crippen molar-refractivity contribution in [3.8, 4) is 5.75 Å². The summed E-state index contributed by atoms with van der Waals surface area (Å²) in [4.78, 5) is 14.0. The number of ether oxygens (including phenoxy) is 1. The molecule has 1 saturated heterocycles. The smallest absolute Gasteiger partial charge is 0.320 e. The molecule has 0 spiro atoms. The van der Waals surface area contributed by atoms with E-state index in [0.29, 0.717) is 18.9 Å². The van der Waals surface area contributed by atoms with Gasteiger partial charge in [0, 0.05) is 18.5 Å². The first-order valence-corrected chi connectivity index (χ1v) is 7.12. The van der Waals surface area contributed by atoms with Crippen molar-refractivity contribution in [2.75, 3.05) is 6.54 Å². The van der Waals surface area contributed by atoms with Gasteiger partial charge in [0.25, 0.3) is 0 Å². The molecule has 5 heteroatoms. The highest BCUT2D eigenvalue weighted by Gasteiger charge is 2.50. The van der Waals surface area contributed by atoms with Crippen LogP contribution in [0.1, 0.15) is 37.8 Å². The maximum absolute atomic E-state index is 14.0. The third kappa shape index (κ3) is 1.69. The lowest BCUT2D eigenvalue weighted by Gasteiger charge is -2.50. The Hall–Kier alpha value is -1.78. The van der Waals surface area contributed by atoms with Crippen molar-refractivity contribution in [3.05, 3.63) is 29.6 Å². The third-order valence-corrected chi connectivity index (χ3v) is 4.53. The number of rotatable bonds is 2. The van der Waals surface area contributed by atoms with Gasteiger partial charge in [-0.1, -0.05) is 12.1 Å². The molecule has 2 atom stereocenters. The van der Waals surface area contributed by atoms with Gasteiger partial charge in [0.05, 0.1) is 6.04 Å². The lowest BCUT2D eigenvalue weighted by atomic mass is 9.90. The molecule has 4 rings (SSSR count). The largest absolute Gasteiger partial charge is 0.465 e. The topological polar surface area (TPSA) is 41.6 Å². The Morgan fingerprint density at radius 1 is 1.50 bits per heavy atom. The number of para-hydroxylation sites is 1. The Kier molecular flexibility index (Phi) is 2.32. The number of nitrogens with zero attached hydrogens (tertiary/aromatic N) is 1. The summed E-state index contributed by atoms with van der Waals surface area (Å²) in [6, 6.07) is 4.60. The summed E-state index contributed by atoms with van der Waals surface area (Å²) in [7, 11) is 0. The van der Waals surface area contributed by atoms with Crippen LogP contribution in [-0.2, 0) is 0 Å². The lowest BCUT2D eigenvalue weighted by molar-refractivity contribution is -0.0877. The molecule has 0 aromatic heterocycles. The summed E-state index contributed by atoms with van der Waals surface area (Å²) in [5.41, 5.74) is -0.00739. The second kappa shape index (κ2) is 3.87. The highest BCUT2D eigenvalue weighted by Crippen LogP contribution is 2.46. The van der Waals surface area contributed by atoms with Crippen LogP contribution in [0.25, 0.3) is 0 Å². The summed E-state index contributed by atoms with van der Waals surface area (Å²) in [6.45, 7) is 2.58. The van der Waals surface area contributed by atoms with Gasteiger partial charge in [-0.05, 0) is 31.7 Å². The summed E-state index contributed by atoms with van der Waals surface area (Å²) < 4.78 is 19.9. The second-order valence-electron chi connectivity index (χ2n) is 6.20. The number of halogens is 1. The number of hydrogen-bond donors (Lipinski definition) is 1. The molecular formula is C15H17FN2O2. The number of carbonyl (C=O) groups excluding carboxylic acids is 1. The average Bonchev–Trinajstić information content (AvgIpc) is 3.20. The molecule has 3 aliphatic rings. The highest BCUT2D eigenvalue weighted by molar-refractivity contribution is 5.77. The number of amides is 2. The molecule has 1 aromatic rings. The van der Waals surface area contributed by atoms with Crippen molar-refractivity contribution in [1.82, 2.24) is 10.2 Å². The lowest BCUT2D eigenvalue weighted by Crippen LogP contribution is -2.65. The highest BCUT2D eigenvalue weighted by atomic mass is 19.1. The van der Waals surface area contributed by atoms with E-state index in [1.165, 1.54) is 6.07 Å². The number of carbonyl (C=O) groups is 1. The van der Waals surface area contributed by atoms with E-state index in [9.17, 15) is 9.18 Å². The minimum absolute atomic E-state index is 0.106. The van der Waals surface area contributed by atoms with E-state index in [0.717, 1.165) is 18.4 Å². The summed E-state index contributed by atoms with van der Waals surface area (Å²) in [5.74, 6) is 0.493. The van der Waals surface area contributed by atoms with Crippen LogP contribution in [0.3, 0.4) is 0 Å². The van der Waals surface area contributed by atoms with Gasteiger partial charge in [-0.3, -0.25) is 4.90 Å². The van der Waals surface area contributed by atoms with Crippen LogP contribution in [0.2, 0.25) is 0 Å². The maximum atomic E-state index is 14.0. The van der Waals surface area contributed by atoms with Gasteiger partial charge in [-0.15, -0.1) is 0 Å². The second-order valence-corrected chi connectivity index (χ2v) is 6.20. The van der Waals surface area contributed by atoms with Crippen LogP contribution in [0.5, 0.6) is 5.75 Å². The first-order valence-electron chi connectivity index (χ1n) is 7.12. The molecule has 1 N–H and O–H groups in total. The van der Waals surface area contributed by atoms with Gasteiger partial charge in [0.1, 0.15) is 0 Å². The summed E-state index contributed by atoms with van der Waals surface area (Å²) >= 11 is 0. The first-order chi connectivity index (χ1) is 9.57. The Morgan fingerprint density at radius 3 is 3.05 bits per heavy atom. The van der Waals surface area contributed by atoms with Crippen molar-refractivity contribution in [2.24, 2.45) is 5.92 Å². The van der Waals surface area contributed by atoms with Crippen LogP contribution >= 0.6 is 0 Å². The van der Waals surface area contributed by atoms with Crippen molar-refractivity contribution in [2.45, 2.75) is 38.0 Å². The zero-order chi connectivity index (χ0) is 13.9. The summed E-state index contributed by atoms with van der Waals surface area (Å²) in [6.07, 6.45) is 2.98. The molecule has 0 radical (unpaired) electrons. The number of hydrogen-bond acceptors (Lipinski definition) is 2. The zero-order valence-electron chi connectivity index (χ0n) is 11.4. The molecule has 4 nitrogen and oxygen atoms in total. The van der Waals surface area contributed by atoms with Crippen LogP contribution in [0.4, 0.5) is 9.18 Å². The van der Waals surface area contributed by atoms with Crippen LogP contribution in [0.15, 0.2) is 18.2 Å². The van der Waals surface area contributed by atoms with E-state index in [2.05, 4.69) is 5.32 Å². The first kappa shape index (κ1) is 12.0. The molecule has 2 heterocycles. The standard InChI is InChI=1S/C15H17FN2O2/c1-15-7-12(10-3-2-4-11(16)13(10)20-15)17-14(19)18(15)8-9-5-6-9/h2-4,9,12H,5-8H2,1H3,(H,17,19). The van der Waals surface area contributed by atoms with Gasteiger partial charge in [0.2, 0.25) is 0 Å². The maximum Gasteiger partial charge on any atom is 0.320 e. The minimum atomic E-state index is -0.745. The molecule has 1 aromatic carbocycles. The fourth-order valence-electron chi connectivity index (χ4n) is 3.23.